The van der Waals surface area contributed by atoms with Crippen LogP contribution in [-0.4, -0.2) is 52.8 Å². The normalized spacial score (nSPS) is 10.9. The maximum absolute atomic E-state index is 13.7. The fraction of sp³-hybridized carbons (Fsp3) is 0.320. The second kappa shape index (κ2) is 11.6. The number of nitrogens with one attached hydrogen (secondary N) is 1. The molecule has 0 aliphatic heterocycles. The Morgan fingerprint density at radius 2 is 1.48 bits per heavy atom. The first-order valence-electron chi connectivity index (χ1n) is 11.2. The summed E-state index contributed by atoms with van der Waals surface area (Å²) in [7, 11) is 0. The van der Waals surface area contributed by atoms with Crippen LogP contribution in [0.1, 0.15) is 31.1 Å². The van der Waals surface area contributed by atoms with E-state index < -0.39 is 11.5 Å². The molecular weight excluding hydrogens is 436 g/mol. The highest BCUT2D eigenvalue weighted by molar-refractivity contribution is 7.71. The lowest BCUT2D eigenvalue weighted by Gasteiger charge is -2.23. The van der Waals surface area contributed by atoms with Crippen molar-refractivity contribution in [3.63, 3.8) is 0 Å². The Balaban J connectivity index is 2.29. The van der Waals surface area contributed by atoms with E-state index in [4.69, 9.17) is 17.0 Å². The van der Waals surface area contributed by atoms with Crippen molar-refractivity contribution in [1.29, 1.82) is 0 Å². The van der Waals surface area contributed by atoms with Gasteiger partial charge in [0.2, 0.25) is 0 Å². The average molecular weight is 467 g/mol. The monoisotopic (exact) mass is 466 g/mol. The second-order valence-electron chi connectivity index (χ2n) is 7.33. The standard InChI is InChI=1S/C25H30N4O3S/c1-4-27(5-2)18-17-26-22-21(24(31)32-6-3)23(30)29(20-15-11-8-12-16-20)25(33)28(22)19-13-9-7-10-14-19/h7-16,26H,4-6,17-18H2,1-3H3. The number of benzene rings is 2. The van der Waals surface area contributed by atoms with Crippen molar-refractivity contribution >= 4 is 24.0 Å². The molecule has 0 radical (unpaired) electrons. The number of para-hydroxylation sites is 2. The molecule has 3 aromatic rings. The van der Waals surface area contributed by atoms with E-state index in [0.717, 1.165) is 25.3 Å². The zero-order chi connectivity index (χ0) is 23.8. The largest absolute Gasteiger partial charge is 0.462 e. The van der Waals surface area contributed by atoms with Crippen molar-refractivity contribution < 1.29 is 9.53 Å². The summed E-state index contributed by atoms with van der Waals surface area (Å²) >= 11 is 5.81. The smallest absolute Gasteiger partial charge is 0.347 e. The minimum Gasteiger partial charge on any atom is -0.462 e. The van der Waals surface area contributed by atoms with Crippen molar-refractivity contribution in [2.24, 2.45) is 0 Å². The fourth-order valence-electron chi connectivity index (χ4n) is 3.66. The summed E-state index contributed by atoms with van der Waals surface area (Å²) in [6.45, 7) is 9.16. The number of ether oxygens (including phenoxy) is 1. The van der Waals surface area contributed by atoms with E-state index in [1.807, 2.05) is 48.5 Å². The lowest BCUT2D eigenvalue weighted by atomic mass is 10.2. The predicted molar refractivity (Wildman–Crippen MR) is 134 cm³/mol. The second-order valence-corrected chi connectivity index (χ2v) is 7.69. The molecule has 0 unspecified atom stereocenters. The van der Waals surface area contributed by atoms with Crippen LogP contribution in [0, 0.1) is 4.77 Å². The molecular formula is C25H30N4O3S. The lowest BCUT2D eigenvalue weighted by molar-refractivity contribution is 0.0524. The highest BCUT2D eigenvalue weighted by atomic mass is 32.1. The summed E-state index contributed by atoms with van der Waals surface area (Å²) in [6.07, 6.45) is 0. The van der Waals surface area contributed by atoms with Gasteiger partial charge in [-0.25, -0.2) is 4.79 Å². The summed E-state index contributed by atoms with van der Waals surface area (Å²) in [5, 5.41) is 3.32. The molecule has 0 saturated heterocycles. The van der Waals surface area contributed by atoms with Gasteiger partial charge in [-0.2, -0.15) is 0 Å². The van der Waals surface area contributed by atoms with Crippen LogP contribution in [0.3, 0.4) is 0 Å². The Hall–Kier alpha value is -3.23. The Morgan fingerprint density at radius 1 is 0.939 bits per heavy atom. The van der Waals surface area contributed by atoms with Crippen molar-refractivity contribution in [1.82, 2.24) is 14.0 Å². The maximum atomic E-state index is 13.7. The number of esters is 1. The number of carbonyl (C=O) groups excluding carboxylic acids is 1. The molecule has 8 heteroatoms. The third kappa shape index (κ3) is 5.40. The number of aromatic nitrogens is 2. The van der Waals surface area contributed by atoms with Crippen LogP contribution < -0.4 is 10.9 Å². The van der Waals surface area contributed by atoms with Gasteiger partial charge in [-0.15, -0.1) is 0 Å². The van der Waals surface area contributed by atoms with E-state index in [9.17, 15) is 9.59 Å². The minimum absolute atomic E-state index is 0.0716. The number of hydrogen-bond acceptors (Lipinski definition) is 6. The summed E-state index contributed by atoms with van der Waals surface area (Å²) in [5.74, 6) is -0.341. The van der Waals surface area contributed by atoms with Crippen LogP contribution in [0.25, 0.3) is 11.4 Å². The highest BCUT2D eigenvalue weighted by Gasteiger charge is 2.25. The maximum Gasteiger partial charge on any atom is 0.347 e. The van der Waals surface area contributed by atoms with Gasteiger partial charge in [0.15, 0.2) is 10.3 Å². The van der Waals surface area contributed by atoms with Crippen molar-refractivity contribution in [3.8, 4) is 11.4 Å². The lowest BCUT2D eigenvalue weighted by Crippen LogP contribution is -2.34. The molecule has 0 aliphatic rings. The molecule has 1 N–H and O–H groups in total. The first kappa shape index (κ1) is 24.4. The van der Waals surface area contributed by atoms with E-state index in [1.54, 1.807) is 23.6 Å². The molecule has 0 bridgehead atoms. The molecule has 3 rings (SSSR count). The van der Waals surface area contributed by atoms with Gasteiger partial charge in [-0.3, -0.25) is 13.9 Å². The van der Waals surface area contributed by atoms with E-state index in [1.165, 1.54) is 4.57 Å². The molecule has 0 atom stereocenters. The Labute approximate surface area is 199 Å². The van der Waals surface area contributed by atoms with Gasteiger partial charge >= 0.3 is 5.97 Å². The molecule has 2 aromatic carbocycles. The van der Waals surface area contributed by atoms with Crippen LogP contribution in [0.2, 0.25) is 0 Å². The van der Waals surface area contributed by atoms with Gasteiger partial charge in [0, 0.05) is 18.8 Å². The number of rotatable bonds is 10. The summed E-state index contributed by atoms with van der Waals surface area (Å²) < 4.78 is 8.66. The van der Waals surface area contributed by atoms with Gasteiger partial charge < -0.3 is 15.0 Å². The van der Waals surface area contributed by atoms with Gasteiger partial charge in [-0.1, -0.05) is 50.2 Å². The van der Waals surface area contributed by atoms with Crippen LogP contribution in [0.4, 0.5) is 5.82 Å². The number of nitrogens with zero attached hydrogens (tertiary/aromatic N) is 3. The minimum atomic E-state index is -0.683. The van der Waals surface area contributed by atoms with Crippen molar-refractivity contribution in [2.75, 3.05) is 38.1 Å². The van der Waals surface area contributed by atoms with Gasteiger partial charge in [0.25, 0.3) is 5.56 Å². The first-order chi connectivity index (χ1) is 16.0. The zero-order valence-electron chi connectivity index (χ0n) is 19.3. The molecule has 0 aliphatic carbocycles. The zero-order valence-corrected chi connectivity index (χ0v) is 20.1. The first-order valence-corrected chi connectivity index (χ1v) is 11.6. The topological polar surface area (TPSA) is 68.5 Å². The Morgan fingerprint density at radius 3 is 2.00 bits per heavy atom. The third-order valence-corrected chi connectivity index (χ3v) is 5.75. The van der Waals surface area contributed by atoms with E-state index in [-0.39, 0.29) is 16.9 Å². The predicted octanol–water partition coefficient (Wildman–Crippen LogP) is 4.29. The molecule has 0 amide bonds. The van der Waals surface area contributed by atoms with E-state index in [0.29, 0.717) is 18.1 Å². The number of anilines is 1. The van der Waals surface area contributed by atoms with Crippen LogP contribution in [0.5, 0.6) is 0 Å². The highest BCUT2D eigenvalue weighted by Crippen LogP contribution is 2.22. The Kier molecular flexibility index (Phi) is 8.57. The van der Waals surface area contributed by atoms with Gasteiger partial charge in [0.1, 0.15) is 5.82 Å². The molecule has 0 saturated carbocycles. The number of carbonyl (C=O) groups is 1. The van der Waals surface area contributed by atoms with E-state index in [2.05, 4.69) is 24.1 Å². The SMILES string of the molecule is CCOC(=O)c1c(NCCN(CC)CC)n(-c2ccccc2)c(=S)n(-c2ccccc2)c1=O. The van der Waals surface area contributed by atoms with Crippen LogP contribution >= 0.6 is 12.2 Å². The summed E-state index contributed by atoms with van der Waals surface area (Å²) in [6, 6.07) is 18.5. The summed E-state index contributed by atoms with van der Waals surface area (Å²) in [4.78, 5) is 28.9. The van der Waals surface area contributed by atoms with Gasteiger partial charge in [-0.05, 0) is 56.5 Å². The fourth-order valence-corrected chi connectivity index (χ4v) is 4.04. The van der Waals surface area contributed by atoms with Crippen molar-refractivity contribution in [2.45, 2.75) is 20.8 Å². The van der Waals surface area contributed by atoms with Crippen molar-refractivity contribution in [3.05, 3.63) is 81.4 Å². The van der Waals surface area contributed by atoms with E-state index >= 15 is 0 Å². The summed E-state index contributed by atoms with van der Waals surface area (Å²) in [5.41, 5.74) is 0.736. The molecule has 33 heavy (non-hydrogen) atoms. The molecule has 7 nitrogen and oxygen atoms in total. The number of hydrogen-bond donors (Lipinski definition) is 1. The molecule has 1 aromatic heterocycles. The molecule has 1 heterocycles. The Bertz CT molecular complexity index is 1190. The van der Waals surface area contributed by atoms with Gasteiger partial charge in [0.05, 0.1) is 12.3 Å². The third-order valence-electron chi connectivity index (χ3n) is 5.38. The average Bonchev–Trinajstić information content (AvgIpc) is 2.83. The quantitative estimate of drug-likeness (QED) is 0.355. The molecule has 174 valence electrons. The van der Waals surface area contributed by atoms with Crippen LogP contribution in [0.15, 0.2) is 65.5 Å². The number of likely N-dealkylation sites (N-methyl/N-ethyl adjacent to an activating group) is 1. The van der Waals surface area contributed by atoms with Crippen LogP contribution in [-0.2, 0) is 4.74 Å². The molecule has 0 fully saturated rings. The molecule has 0 spiro atoms.